The van der Waals surface area contributed by atoms with Crippen molar-refractivity contribution in [3.8, 4) is 0 Å². The van der Waals surface area contributed by atoms with Crippen LogP contribution >= 0.6 is 11.6 Å². The van der Waals surface area contributed by atoms with Crippen LogP contribution in [0.1, 0.15) is 12.0 Å². The summed E-state index contributed by atoms with van der Waals surface area (Å²) in [6, 6.07) is 17.2. The Labute approximate surface area is 184 Å². The van der Waals surface area contributed by atoms with Crippen LogP contribution in [0.15, 0.2) is 59.6 Å². The molecule has 0 bridgehead atoms. The van der Waals surface area contributed by atoms with Gasteiger partial charge in [0.15, 0.2) is 15.8 Å². The van der Waals surface area contributed by atoms with Crippen molar-refractivity contribution in [1.82, 2.24) is 10.2 Å². The van der Waals surface area contributed by atoms with E-state index >= 15 is 0 Å². The maximum atomic E-state index is 12.3. The van der Waals surface area contributed by atoms with E-state index in [1.165, 1.54) is 0 Å². The van der Waals surface area contributed by atoms with Gasteiger partial charge in [0.1, 0.15) is 0 Å². The number of hydrogen-bond acceptors (Lipinski definition) is 4. The van der Waals surface area contributed by atoms with E-state index in [0.717, 1.165) is 48.4 Å². The Hall–Kier alpha value is -2.25. The Morgan fingerprint density at radius 1 is 1.03 bits per heavy atom. The molecule has 162 valence electrons. The third-order valence-corrected chi connectivity index (χ3v) is 7.13. The van der Waals surface area contributed by atoms with Crippen LogP contribution in [-0.2, 0) is 15.6 Å². The lowest BCUT2D eigenvalue weighted by Gasteiger charge is -2.38. The molecule has 1 saturated heterocycles. The fourth-order valence-electron chi connectivity index (χ4n) is 3.59. The number of piperazine rings is 1. The molecule has 1 N–H and O–H groups in total. The van der Waals surface area contributed by atoms with Gasteiger partial charge < -0.3 is 15.1 Å². The second-order valence-electron chi connectivity index (χ2n) is 7.33. The summed E-state index contributed by atoms with van der Waals surface area (Å²) in [7, 11) is -1.36. The molecule has 3 rings (SSSR count). The quantitative estimate of drug-likeness (QED) is 0.400. The van der Waals surface area contributed by atoms with E-state index in [0.29, 0.717) is 13.0 Å². The average molecular weight is 449 g/mol. The first-order valence-corrected chi connectivity index (χ1v) is 12.4. The number of nitrogens with zero attached hydrogens (tertiary/aromatic N) is 3. The molecule has 1 heterocycles. The molecule has 0 atom stereocenters. The highest BCUT2D eigenvalue weighted by Gasteiger charge is 2.21. The lowest BCUT2D eigenvalue weighted by atomic mass is 10.2. The Kier molecular flexibility index (Phi) is 7.99. The molecule has 2 aromatic carbocycles. The van der Waals surface area contributed by atoms with Gasteiger partial charge in [-0.1, -0.05) is 54.1 Å². The number of rotatable bonds is 7. The van der Waals surface area contributed by atoms with Gasteiger partial charge in [0, 0.05) is 39.8 Å². The summed E-state index contributed by atoms with van der Waals surface area (Å²) < 4.78 is 24.7. The van der Waals surface area contributed by atoms with Crippen molar-refractivity contribution >= 4 is 33.1 Å². The number of para-hydroxylation sites is 1. The van der Waals surface area contributed by atoms with Crippen LogP contribution in [0.3, 0.4) is 0 Å². The van der Waals surface area contributed by atoms with Crippen LogP contribution in [0.4, 0.5) is 5.69 Å². The highest BCUT2D eigenvalue weighted by atomic mass is 35.5. The van der Waals surface area contributed by atoms with Crippen LogP contribution in [0.5, 0.6) is 0 Å². The monoisotopic (exact) mass is 448 g/mol. The first kappa shape index (κ1) is 22.4. The molecule has 0 radical (unpaired) electrons. The number of nitrogens with one attached hydrogen (secondary N) is 1. The normalized spacial score (nSPS) is 15.3. The molecule has 1 fully saturated rings. The highest BCUT2D eigenvalue weighted by molar-refractivity contribution is 7.90. The SMILES string of the molecule is CN=C(NCCCS(=O)(=O)Cc1ccccc1)N1CCN(c2ccccc2Cl)CC1. The third kappa shape index (κ3) is 6.37. The van der Waals surface area contributed by atoms with Gasteiger partial charge in [0.25, 0.3) is 0 Å². The zero-order chi connectivity index (χ0) is 21.4. The molecular weight excluding hydrogens is 420 g/mol. The number of sulfone groups is 1. The number of anilines is 1. The maximum absolute atomic E-state index is 12.3. The molecule has 8 heteroatoms. The number of benzene rings is 2. The number of aliphatic imine (C=N–C) groups is 1. The Morgan fingerprint density at radius 2 is 1.70 bits per heavy atom. The number of halogens is 1. The Balaban J connectivity index is 1.42. The number of hydrogen-bond donors (Lipinski definition) is 1. The van der Waals surface area contributed by atoms with Crippen LogP contribution in [0.25, 0.3) is 0 Å². The van der Waals surface area contributed by atoms with E-state index in [-0.39, 0.29) is 11.5 Å². The molecule has 2 aromatic rings. The molecule has 0 unspecified atom stereocenters. The molecule has 0 amide bonds. The molecule has 0 aromatic heterocycles. The lowest BCUT2D eigenvalue weighted by Crippen LogP contribution is -2.52. The zero-order valence-electron chi connectivity index (χ0n) is 17.3. The van der Waals surface area contributed by atoms with Crippen molar-refractivity contribution in [3.63, 3.8) is 0 Å². The van der Waals surface area contributed by atoms with E-state index in [2.05, 4.69) is 20.1 Å². The number of guanidine groups is 1. The van der Waals surface area contributed by atoms with Gasteiger partial charge in [-0.3, -0.25) is 4.99 Å². The van der Waals surface area contributed by atoms with E-state index < -0.39 is 9.84 Å². The van der Waals surface area contributed by atoms with Crippen molar-refractivity contribution in [1.29, 1.82) is 0 Å². The molecule has 6 nitrogen and oxygen atoms in total. The van der Waals surface area contributed by atoms with Crippen molar-refractivity contribution < 1.29 is 8.42 Å². The minimum absolute atomic E-state index is 0.0899. The van der Waals surface area contributed by atoms with Crippen LogP contribution in [0.2, 0.25) is 5.02 Å². The molecule has 30 heavy (non-hydrogen) atoms. The summed E-state index contributed by atoms with van der Waals surface area (Å²) in [5.74, 6) is 1.06. The second-order valence-corrected chi connectivity index (χ2v) is 9.92. The van der Waals surface area contributed by atoms with Crippen LogP contribution < -0.4 is 10.2 Å². The van der Waals surface area contributed by atoms with E-state index in [1.807, 2.05) is 54.6 Å². The van der Waals surface area contributed by atoms with E-state index in [9.17, 15) is 8.42 Å². The van der Waals surface area contributed by atoms with Crippen LogP contribution in [0, 0.1) is 0 Å². The predicted molar refractivity (Wildman–Crippen MR) is 125 cm³/mol. The first-order valence-electron chi connectivity index (χ1n) is 10.2. The Bertz CT molecular complexity index is 943. The zero-order valence-corrected chi connectivity index (χ0v) is 18.9. The Morgan fingerprint density at radius 3 is 2.37 bits per heavy atom. The van der Waals surface area contributed by atoms with Crippen molar-refractivity contribution in [3.05, 3.63) is 65.2 Å². The van der Waals surface area contributed by atoms with Gasteiger partial charge in [-0.05, 0) is 24.1 Å². The summed E-state index contributed by atoms with van der Waals surface area (Å²) in [6.07, 6.45) is 0.549. The van der Waals surface area contributed by atoms with Gasteiger partial charge in [-0.25, -0.2) is 8.42 Å². The maximum Gasteiger partial charge on any atom is 0.193 e. The first-order chi connectivity index (χ1) is 14.5. The van der Waals surface area contributed by atoms with Crippen molar-refractivity contribution in [2.24, 2.45) is 4.99 Å². The van der Waals surface area contributed by atoms with Gasteiger partial charge in [-0.15, -0.1) is 0 Å². The third-order valence-electron chi connectivity index (χ3n) is 5.13. The summed E-state index contributed by atoms with van der Waals surface area (Å²) in [5, 5.41) is 4.08. The highest BCUT2D eigenvalue weighted by Crippen LogP contribution is 2.26. The second kappa shape index (κ2) is 10.7. The summed E-state index contributed by atoms with van der Waals surface area (Å²) in [5.41, 5.74) is 1.89. The minimum Gasteiger partial charge on any atom is -0.367 e. The lowest BCUT2D eigenvalue weighted by molar-refractivity contribution is 0.373. The fourth-order valence-corrected chi connectivity index (χ4v) is 5.28. The summed E-state index contributed by atoms with van der Waals surface area (Å²) in [6.45, 7) is 3.95. The molecule has 1 aliphatic heterocycles. The smallest absolute Gasteiger partial charge is 0.193 e. The predicted octanol–water partition coefficient (Wildman–Crippen LogP) is 3.04. The topological polar surface area (TPSA) is 65.0 Å². The van der Waals surface area contributed by atoms with Gasteiger partial charge in [0.2, 0.25) is 0 Å². The standard InChI is InChI=1S/C22H29ClN4O2S/c1-24-22(25-12-7-17-30(28,29)18-19-8-3-2-4-9-19)27-15-13-26(14-16-27)21-11-6-5-10-20(21)23/h2-6,8-11H,7,12-18H2,1H3,(H,24,25). The molecular formula is C22H29ClN4O2S. The van der Waals surface area contributed by atoms with Crippen molar-refractivity contribution in [2.45, 2.75) is 12.2 Å². The fraction of sp³-hybridized carbons (Fsp3) is 0.409. The summed E-state index contributed by atoms with van der Waals surface area (Å²) >= 11 is 6.32. The van der Waals surface area contributed by atoms with Gasteiger partial charge in [0.05, 0.1) is 22.2 Å². The minimum atomic E-state index is -3.12. The van der Waals surface area contributed by atoms with E-state index in [4.69, 9.17) is 11.6 Å². The largest absolute Gasteiger partial charge is 0.367 e. The van der Waals surface area contributed by atoms with Gasteiger partial charge in [-0.2, -0.15) is 0 Å². The van der Waals surface area contributed by atoms with Crippen molar-refractivity contribution in [2.75, 3.05) is 50.4 Å². The van der Waals surface area contributed by atoms with Crippen LogP contribution in [-0.4, -0.2) is 64.8 Å². The average Bonchev–Trinajstić information content (AvgIpc) is 2.75. The summed E-state index contributed by atoms with van der Waals surface area (Å²) in [4.78, 5) is 8.85. The molecule has 0 saturated carbocycles. The van der Waals surface area contributed by atoms with E-state index in [1.54, 1.807) is 7.05 Å². The van der Waals surface area contributed by atoms with Gasteiger partial charge >= 0.3 is 0 Å². The molecule has 0 spiro atoms. The molecule has 0 aliphatic carbocycles. The molecule has 1 aliphatic rings.